The van der Waals surface area contributed by atoms with E-state index < -0.39 is 5.82 Å². The van der Waals surface area contributed by atoms with Crippen LogP contribution in [0.3, 0.4) is 0 Å². The summed E-state index contributed by atoms with van der Waals surface area (Å²) < 4.78 is 28.5. The zero-order valence-corrected chi connectivity index (χ0v) is 19.4. The first-order chi connectivity index (χ1) is 16.0. The molecule has 0 radical (unpaired) electrons. The molecule has 0 bridgehead atoms. The highest BCUT2D eigenvalue weighted by Gasteiger charge is 2.15. The van der Waals surface area contributed by atoms with Gasteiger partial charge in [0.25, 0.3) is 0 Å². The summed E-state index contributed by atoms with van der Waals surface area (Å²) in [7, 11) is 1.63. The van der Waals surface area contributed by atoms with Gasteiger partial charge in [0, 0.05) is 16.5 Å². The molecule has 0 unspecified atom stereocenters. The summed E-state index contributed by atoms with van der Waals surface area (Å²) in [6.45, 7) is 4.27. The molecule has 0 aliphatic carbocycles. The van der Waals surface area contributed by atoms with Crippen molar-refractivity contribution < 1.29 is 13.9 Å². The van der Waals surface area contributed by atoms with Gasteiger partial charge in [0.15, 0.2) is 11.6 Å². The number of benzene rings is 3. The molecule has 4 rings (SSSR count). The summed E-state index contributed by atoms with van der Waals surface area (Å²) >= 11 is 1.35. The summed E-state index contributed by atoms with van der Waals surface area (Å²) in [5.41, 5.74) is 2.82. The molecule has 0 saturated carbocycles. The second-order valence-corrected chi connectivity index (χ2v) is 8.45. The molecule has 0 spiro atoms. The number of hydrogen-bond acceptors (Lipinski definition) is 6. The van der Waals surface area contributed by atoms with Crippen LogP contribution in [-0.4, -0.2) is 17.1 Å². The van der Waals surface area contributed by atoms with Crippen LogP contribution in [0.2, 0.25) is 0 Å². The van der Waals surface area contributed by atoms with Crippen LogP contribution < -0.4 is 14.2 Å². The van der Waals surface area contributed by atoms with Gasteiger partial charge in [-0.3, -0.25) is 4.72 Å². The van der Waals surface area contributed by atoms with Crippen LogP contribution in [0, 0.1) is 5.82 Å². The highest BCUT2D eigenvalue weighted by Crippen LogP contribution is 2.33. The number of hydrogen-bond donors (Lipinski definition) is 1. The van der Waals surface area contributed by atoms with Crippen molar-refractivity contribution >= 4 is 17.9 Å². The van der Waals surface area contributed by atoms with Crippen LogP contribution in [0.4, 0.5) is 10.3 Å². The maximum Gasteiger partial charge on any atom is 0.237 e. The first kappa shape index (κ1) is 22.6. The minimum absolute atomic E-state index is 0.102. The summed E-state index contributed by atoms with van der Waals surface area (Å²) in [6.07, 6.45) is 0. The Labute approximate surface area is 197 Å². The molecule has 0 amide bonds. The lowest BCUT2D eigenvalue weighted by molar-refractivity contribution is 0.413. The third kappa shape index (κ3) is 5.62. The fraction of sp³-hybridized carbons (Fsp3) is 0.154. The van der Waals surface area contributed by atoms with Crippen molar-refractivity contribution in [2.45, 2.75) is 24.7 Å². The number of rotatable bonds is 8. The lowest BCUT2D eigenvalue weighted by atomic mass is 9.95. The summed E-state index contributed by atoms with van der Waals surface area (Å²) in [6, 6.07) is 23.7. The average Bonchev–Trinajstić information content (AvgIpc) is 2.84. The Morgan fingerprint density at radius 1 is 0.909 bits per heavy atom. The molecule has 1 heterocycles. The molecule has 168 valence electrons. The molecule has 0 atom stereocenters. The van der Waals surface area contributed by atoms with Gasteiger partial charge in [0.2, 0.25) is 11.8 Å². The highest BCUT2D eigenvalue weighted by molar-refractivity contribution is 8.00. The molecule has 0 aliphatic heterocycles. The number of ether oxygens (including phenoxy) is 2. The van der Waals surface area contributed by atoms with E-state index in [0.29, 0.717) is 17.6 Å². The van der Waals surface area contributed by atoms with E-state index in [0.717, 1.165) is 21.8 Å². The molecule has 0 aliphatic rings. The molecule has 5 nitrogen and oxygen atoms in total. The van der Waals surface area contributed by atoms with Gasteiger partial charge in [-0.15, -0.1) is 0 Å². The Morgan fingerprint density at radius 3 is 2.48 bits per heavy atom. The molecular formula is C26H24FN3O2S. The fourth-order valence-corrected chi connectivity index (χ4v) is 3.93. The van der Waals surface area contributed by atoms with Gasteiger partial charge in [0.05, 0.1) is 12.8 Å². The van der Waals surface area contributed by atoms with E-state index in [1.165, 1.54) is 18.0 Å². The van der Waals surface area contributed by atoms with Crippen LogP contribution in [-0.2, 0) is 0 Å². The first-order valence-electron chi connectivity index (χ1n) is 10.5. The smallest absolute Gasteiger partial charge is 0.237 e. The van der Waals surface area contributed by atoms with Crippen molar-refractivity contribution in [2.24, 2.45) is 0 Å². The topological polar surface area (TPSA) is 56.3 Å². The number of anilines is 1. The van der Waals surface area contributed by atoms with Gasteiger partial charge in [-0.05, 0) is 53.8 Å². The van der Waals surface area contributed by atoms with Gasteiger partial charge in [-0.1, -0.05) is 56.3 Å². The lowest BCUT2D eigenvalue weighted by Crippen LogP contribution is -2.01. The number of halogens is 1. The van der Waals surface area contributed by atoms with E-state index in [2.05, 4.69) is 29.6 Å². The Bertz CT molecular complexity index is 1250. The van der Waals surface area contributed by atoms with E-state index in [1.807, 2.05) is 42.5 Å². The number of methoxy groups -OCH3 is 1. The number of nitrogens with one attached hydrogen (secondary N) is 1. The van der Waals surface area contributed by atoms with Gasteiger partial charge >= 0.3 is 0 Å². The molecule has 33 heavy (non-hydrogen) atoms. The molecule has 0 saturated heterocycles. The van der Waals surface area contributed by atoms with Crippen molar-refractivity contribution in [3.05, 3.63) is 90.2 Å². The summed E-state index contributed by atoms with van der Waals surface area (Å²) in [5.74, 6) is 1.30. The SMILES string of the molecule is COc1cccc(SNc2nc(Oc3ccccc3F)cc(-c3ccccc3C(C)C)n2)c1. The Morgan fingerprint density at radius 2 is 1.70 bits per heavy atom. The van der Waals surface area contributed by atoms with Crippen LogP contribution >= 0.6 is 11.9 Å². The van der Waals surface area contributed by atoms with Crippen molar-refractivity contribution in [1.29, 1.82) is 0 Å². The Hall–Kier alpha value is -3.58. The third-order valence-corrected chi connectivity index (χ3v) is 5.69. The second-order valence-electron chi connectivity index (χ2n) is 7.57. The summed E-state index contributed by atoms with van der Waals surface area (Å²) in [4.78, 5) is 10.1. The van der Waals surface area contributed by atoms with E-state index in [1.54, 1.807) is 31.4 Å². The lowest BCUT2D eigenvalue weighted by Gasteiger charge is -2.15. The quantitative estimate of drug-likeness (QED) is 0.277. The van der Waals surface area contributed by atoms with Gasteiger partial charge in [0.1, 0.15) is 5.75 Å². The molecule has 4 aromatic rings. The molecule has 3 aromatic carbocycles. The highest BCUT2D eigenvalue weighted by atomic mass is 32.2. The molecular weight excluding hydrogens is 437 g/mol. The van der Waals surface area contributed by atoms with E-state index in [9.17, 15) is 4.39 Å². The zero-order valence-electron chi connectivity index (χ0n) is 18.6. The fourth-order valence-electron chi connectivity index (χ4n) is 3.30. The van der Waals surface area contributed by atoms with Crippen molar-refractivity contribution in [2.75, 3.05) is 11.8 Å². The first-order valence-corrected chi connectivity index (χ1v) is 11.3. The Kier molecular flexibility index (Phi) is 7.10. The average molecular weight is 462 g/mol. The van der Waals surface area contributed by atoms with E-state index >= 15 is 0 Å². The van der Waals surface area contributed by atoms with Gasteiger partial charge < -0.3 is 9.47 Å². The zero-order chi connectivity index (χ0) is 23.2. The molecule has 0 fully saturated rings. The molecule has 1 aromatic heterocycles. The standard InChI is InChI=1S/C26H24FN3O2S/c1-17(2)20-11-4-5-12-21(20)23-16-25(32-24-14-7-6-13-22(24)27)29-26(28-23)30-33-19-10-8-9-18(15-19)31-3/h4-17H,1-3H3,(H,28,29,30). The molecule has 1 N–H and O–H groups in total. The largest absolute Gasteiger partial charge is 0.497 e. The van der Waals surface area contributed by atoms with Crippen LogP contribution in [0.25, 0.3) is 11.3 Å². The van der Waals surface area contributed by atoms with E-state index in [-0.39, 0.29) is 11.6 Å². The predicted octanol–water partition coefficient (Wildman–Crippen LogP) is 7.33. The second kappa shape index (κ2) is 10.4. The predicted molar refractivity (Wildman–Crippen MR) is 131 cm³/mol. The number of para-hydroxylation sites is 1. The van der Waals surface area contributed by atoms with Crippen LogP contribution in [0.5, 0.6) is 17.4 Å². The maximum absolute atomic E-state index is 14.2. The van der Waals surface area contributed by atoms with Crippen molar-refractivity contribution in [1.82, 2.24) is 9.97 Å². The minimum atomic E-state index is -0.458. The van der Waals surface area contributed by atoms with Crippen molar-refractivity contribution in [3.8, 4) is 28.6 Å². The van der Waals surface area contributed by atoms with Crippen LogP contribution in [0.15, 0.2) is 83.8 Å². The minimum Gasteiger partial charge on any atom is -0.497 e. The third-order valence-electron chi connectivity index (χ3n) is 4.91. The van der Waals surface area contributed by atoms with Gasteiger partial charge in [-0.2, -0.15) is 4.98 Å². The number of nitrogens with zero attached hydrogens (tertiary/aromatic N) is 2. The van der Waals surface area contributed by atoms with Crippen LogP contribution in [0.1, 0.15) is 25.3 Å². The Balaban J connectivity index is 1.71. The summed E-state index contributed by atoms with van der Waals surface area (Å²) in [5, 5.41) is 0. The van der Waals surface area contributed by atoms with E-state index in [4.69, 9.17) is 14.5 Å². The monoisotopic (exact) mass is 461 g/mol. The van der Waals surface area contributed by atoms with Crippen molar-refractivity contribution in [3.63, 3.8) is 0 Å². The number of aromatic nitrogens is 2. The molecule has 7 heteroatoms. The van der Waals surface area contributed by atoms with Gasteiger partial charge in [-0.25, -0.2) is 9.37 Å². The normalized spacial score (nSPS) is 10.8. The maximum atomic E-state index is 14.2.